The van der Waals surface area contributed by atoms with E-state index in [9.17, 15) is 23.8 Å². The van der Waals surface area contributed by atoms with E-state index in [0.29, 0.717) is 12.8 Å². The van der Waals surface area contributed by atoms with Crippen LogP contribution in [0.1, 0.15) is 200 Å². The van der Waals surface area contributed by atoms with E-state index in [-0.39, 0.29) is 19.4 Å². The molecule has 0 aromatic carbocycles. The number of phosphoric acid groups is 1. The van der Waals surface area contributed by atoms with Gasteiger partial charge in [-0.15, -0.1) is 0 Å². The third kappa shape index (κ3) is 36.9. The first-order chi connectivity index (χ1) is 25.6. The van der Waals surface area contributed by atoms with Crippen molar-refractivity contribution >= 4 is 25.7 Å². The third-order valence-corrected chi connectivity index (χ3v) is 10.2. The highest BCUT2D eigenvalue weighted by Crippen LogP contribution is 2.43. The lowest BCUT2D eigenvalue weighted by Gasteiger charge is -2.20. The van der Waals surface area contributed by atoms with Crippen LogP contribution in [0.3, 0.4) is 0 Å². The number of carboxylic acid groups (broad SMARTS) is 1. The number of carboxylic acids is 1. The molecule has 0 fully saturated rings. The van der Waals surface area contributed by atoms with E-state index in [4.69, 9.17) is 24.8 Å². The van der Waals surface area contributed by atoms with E-state index >= 15 is 0 Å². The largest absolute Gasteiger partial charge is 0.480 e. The monoisotopic (exact) mass is 776 g/mol. The van der Waals surface area contributed by atoms with Gasteiger partial charge in [0.1, 0.15) is 12.6 Å². The Morgan fingerprint density at radius 2 is 0.943 bits per heavy atom. The maximum absolute atomic E-state index is 12.6. The number of hydrogen-bond donors (Lipinski definition) is 3. The Hall–Kier alpha value is -1.78. The van der Waals surface area contributed by atoms with Crippen LogP contribution in [-0.4, -0.2) is 59.9 Å². The summed E-state index contributed by atoms with van der Waals surface area (Å²) in [6, 6.07) is -1.52. The van der Waals surface area contributed by atoms with E-state index < -0.39 is 51.1 Å². The fourth-order valence-corrected chi connectivity index (χ4v) is 6.66. The van der Waals surface area contributed by atoms with Gasteiger partial charge in [0, 0.05) is 12.8 Å². The van der Waals surface area contributed by atoms with Crippen molar-refractivity contribution in [2.75, 3.05) is 19.8 Å². The molecule has 3 unspecified atom stereocenters. The van der Waals surface area contributed by atoms with E-state index in [2.05, 4.69) is 30.5 Å². The number of aliphatic carboxylic acids is 1. The molecule has 12 heteroatoms. The molecule has 11 nitrogen and oxygen atoms in total. The van der Waals surface area contributed by atoms with Crippen LogP contribution in [0.25, 0.3) is 0 Å². The topological polar surface area (TPSA) is 172 Å². The Labute approximate surface area is 322 Å². The lowest BCUT2D eigenvalue weighted by molar-refractivity contribution is -0.161. The van der Waals surface area contributed by atoms with Crippen molar-refractivity contribution in [3.63, 3.8) is 0 Å². The number of allylic oxidation sites excluding steroid dienone is 2. The molecule has 0 saturated carbocycles. The summed E-state index contributed by atoms with van der Waals surface area (Å²) in [6.07, 6.45) is 35.6. The van der Waals surface area contributed by atoms with E-state index in [1.165, 1.54) is 103 Å². The van der Waals surface area contributed by atoms with E-state index in [1.807, 2.05) is 0 Å². The Balaban J connectivity index is 4.37. The van der Waals surface area contributed by atoms with Crippen molar-refractivity contribution in [1.82, 2.24) is 0 Å². The molecule has 0 saturated heterocycles. The van der Waals surface area contributed by atoms with Crippen LogP contribution < -0.4 is 5.73 Å². The van der Waals surface area contributed by atoms with Gasteiger partial charge in [-0.05, 0) is 38.5 Å². The standard InChI is InChI=1S/C41H78NO10P/c1-3-5-7-9-11-13-15-17-19-21-23-25-27-29-31-33-40(44)52-37(35-50-53(47,48)51-36-38(42)41(45)46)34-49-39(43)32-30-28-26-24-22-20-18-16-14-12-10-8-6-4-2/h17,19,37-38H,3-16,18,20-36,42H2,1-2H3,(H,45,46)(H,47,48)/b19-17-. The van der Waals surface area contributed by atoms with Gasteiger partial charge >= 0.3 is 25.7 Å². The highest BCUT2D eigenvalue weighted by atomic mass is 31.2. The molecule has 312 valence electrons. The zero-order valence-electron chi connectivity index (χ0n) is 33.6. The molecule has 0 bridgehead atoms. The molecule has 0 spiro atoms. The van der Waals surface area contributed by atoms with Crippen LogP contribution in [-0.2, 0) is 37.5 Å². The van der Waals surface area contributed by atoms with Gasteiger partial charge in [0.2, 0.25) is 0 Å². The molecular weight excluding hydrogens is 697 g/mol. The molecule has 4 N–H and O–H groups in total. The van der Waals surface area contributed by atoms with Gasteiger partial charge in [-0.1, -0.05) is 161 Å². The summed E-state index contributed by atoms with van der Waals surface area (Å²) in [7, 11) is -4.71. The number of esters is 2. The highest BCUT2D eigenvalue weighted by molar-refractivity contribution is 7.47. The van der Waals surface area contributed by atoms with Gasteiger partial charge in [-0.3, -0.25) is 23.4 Å². The third-order valence-electron chi connectivity index (χ3n) is 9.26. The predicted octanol–water partition coefficient (Wildman–Crippen LogP) is 10.9. The number of phosphoric ester groups is 1. The average Bonchev–Trinajstić information content (AvgIpc) is 3.13. The van der Waals surface area contributed by atoms with Gasteiger partial charge in [-0.2, -0.15) is 0 Å². The normalized spacial score (nSPS) is 13.9. The van der Waals surface area contributed by atoms with Gasteiger partial charge in [0.05, 0.1) is 13.2 Å². The van der Waals surface area contributed by atoms with Gasteiger partial charge in [0.15, 0.2) is 6.10 Å². The predicted molar refractivity (Wildman–Crippen MR) is 213 cm³/mol. The van der Waals surface area contributed by atoms with Crippen LogP contribution in [0.2, 0.25) is 0 Å². The zero-order chi connectivity index (χ0) is 39.3. The van der Waals surface area contributed by atoms with Crippen LogP contribution in [0.5, 0.6) is 0 Å². The quantitative estimate of drug-likeness (QED) is 0.0234. The van der Waals surface area contributed by atoms with E-state index in [1.54, 1.807) is 0 Å². The Morgan fingerprint density at radius 3 is 1.38 bits per heavy atom. The molecular formula is C41H78NO10P. The van der Waals surface area contributed by atoms with Crippen molar-refractivity contribution in [2.45, 2.75) is 212 Å². The van der Waals surface area contributed by atoms with Gasteiger partial charge < -0.3 is 25.2 Å². The summed E-state index contributed by atoms with van der Waals surface area (Å²) < 4.78 is 32.6. The molecule has 3 atom stereocenters. The number of unbranched alkanes of at least 4 members (excludes halogenated alkanes) is 24. The molecule has 0 aromatic rings. The summed E-state index contributed by atoms with van der Waals surface area (Å²) >= 11 is 0. The first-order valence-corrected chi connectivity index (χ1v) is 22.7. The second-order valence-electron chi connectivity index (χ2n) is 14.5. The molecule has 0 rings (SSSR count). The highest BCUT2D eigenvalue weighted by Gasteiger charge is 2.28. The maximum Gasteiger partial charge on any atom is 0.472 e. The summed E-state index contributed by atoms with van der Waals surface area (Å²) in [6.45, 7) is 2.80. The number of rotatable bonds is 40. The van der Waals surface area contributed by atoms with Crippen molar-refractivity contribution < 1.29 is 47.5 Å². The number of hydrogen-bond acceptors (Lipinski definition) is 9. The Kier molecular flexibility index (Phi) is 35.9. The zero-order valence-corrected chi connectivity index (χ0v) is 34.5. The van der Waals surface area contributed by atoms with Crippen LogP contribution in [0.15, 0.2) is 12.2 Å². The van der Waals surface area contributed by atoms with Crippen LogP contribution >= 0.6 is 7.82 Å². The average molecular weight is 776 g/mol. The lowest BCUT2D eigenvalue weighted by atomic mass is 10.0. The molecule has 0 aromatic heterocycles. The maximum atomic E-state index is 12.6. The summed E-state index contributed by atoms with van der Waals surface area (Å²) in [5, 5.41) is 8.87. The second-order valence-corrected chi connectivity index (χ2v) is 15.9. The van der Waals surface area contributed by atoms with E-state index in [0.717, 1.165) is 57.8 Å². The molecule has 53 heavy (non-hydrogen) atoms. The van der Waals surface area contributed by atoms with Crippen LogP contribution in [0.4, 0.5) is 0 Å². The molecule has 0 radical (unpaired) electrons. The van der Waals surface area contributed by atoms with Crippen molar-refractivity contribution in [3.8, 4) is 0 Å². The fraction of sp³-hybridized carbons (Fsp3) is 0.878. The molecule has 0 aliphatic carbocycles. The Bertz CT molecular complexity index is 963. The van der Waals surface area contributed by atoms with Crippen molar-refractivity contribution in [3.05, 3.63) is 12.2 Å². The molecule has 0 aliphatic heterocycles. The first kappa shape index (κ1) is 51.2. The molecule has 0 aliphatic rings. The minimum Gasteiger partial charge on any atom is -0.480 e. The smallest absolute Gasteiger partial charge is 0.472 e. The summed E-state index contributed by atoms with van der Waals surface area (Å²) in [4.78, 5) is 45.9. The summed E-state index contributed by atoms with van der Waals surface area (Å²) in [5.41, 5.74) is 5.33. The lowest BCUT2D eigenvalue weighted by Crippen LogP contribution is -2.34. The number of carbonyl (C=O) groups is 3. The minimum absolute atomic E-state index is 0.155. The second kappa shape index (κ2) is 37.2. The number of nitrogens with two attached hydrogens (primary N) is 1. The number of ether oxygens (including phenoxy) is 2. The van der Waals surface area contributed by atoms with Gasteiger partial charge in [0.25, 0.3) is 0 Å². The van der Waals surface area contributed by atoms with Gasteiger partial charge in [-0.25, -0.2) is 4.57 Å². The van der Waals surface area contributed by atoms with Crippen LogP contribution in [0, 0.1) is 0 Å². The minimum atomic E-state index is -4.71. The Morgan fingerprint density at radius 1 is 0.566 bits per heavy atom. The summed E-state index contributed by atoms with van der Waals surface area (Å²) in [5.74, 6) is -2.38. The molecule has 0 heterocycles. The first-order valence-electron chi connectivity index (χ1n) is 21.2. The molecule has 0 amide bonds. The number of carbonyl (C=O) groups excluding carboxylic acids is 2. The van der Waals surface area contributed by atoms with Crippen molar-refractivity contribution in [2.24, 2.45) is 5.73 Å². The van der Waals surface area contributed by atoms with Crippen molar-refractivity contribution in [1.29, 1.82) is 0 Å². The fourth-order valence-electron chi connectivity index (χ4n) is 5.88. The SMILES string of the molecule is CCCCCCCC/C=C\CCCCCCCC(=O)OC(COC(=O)CCCCCCCCCCCCCCCC)COP(=O)(O)OCC(N)C(=O)O.